The van der Waals surface area contributed by atoms with Gasteiger partial charge in [0.1, 0.15) is 0 Å². The first kappa shape index (κ1) is 18.0. The number of carbonyl (C=O) groups is 1. The molecule has 1 amide bonds. The van der Waals surface area contributed by atoms with E-state index in [0.29, 0.717) is 12.8 Å². The number of benzene rings is 3. The van der Waals surface area contributed by atoms with E-state index in [1.165, 1.54) is 0 Å². The van der Waals surface area contributed by atoms with Gasteiger partial charge in [-0.2, -0.15) is 0 Å². The highest BCUT2D eigenvalue weighted by Gasteiger charge is 2.34. The summed E-state index contributed by atoms with van der Waals surface area (Å²) in [4.78, 5) is 18.5. The zero-order chi connectivity index (χ0) is 20.8. The van der Waals surface area contributed by atoms with Crippen LogP contribution >= 0.6 is 0 Å². The highest BCUT2D eigenvalue weighted by Crippen LogP contribution is 2.43. The number of rotatable bonds is 4. The molecule has 6 rings (SSSR count). The van der Waals surface area contributed by atoms with Crippen LogP contribution in [0.4, 0.5) is 0 Å². The van der Waals surface area contributed by atoms with Crippen molar-refractivity contribution in [3.8, 4) is 22.6 Å². The summed E-state index contributed by atoms with van der Waals surface area (Å²) in [7, 11) is 0. The SMILES string of the molecule is O=C(NC1c2ccccc2-c2ccccc21)C1CC(Cc2ccc3c(c2)OCO3)=NO1. The van der Waals surface area contributed by atoms with Gasteiger partial charge in [-0.05, 0) is 39.9 Å². The largest absolute Gasteiger partial charge is 0.454 e. The smallest absolute Gasteiger partial charge is 0.265 e. The van der Waals surface area contributed by atoms with Crippen LogP contribution in [0.25, 0.3) is 11.1 Å². The van der Waals surface area contributed by atoms with Crippen LogP contribution in [0.15, 0.2) is 71.9 Å². The second-order valence-electron chi connectivity index (χ2n) is 7.94. The molecule has 2 heterocycles. The first-order chi connectivity index (χ1) is 15.3. The molecule has 3 aromatic rings. The van der Waals surface area contributed by atoms with Crippen LogP contribution in [-0.4, -0.2) is 24.5 Å². The maximum Gasteiger partial charge on any atom is 0.265 e. The Balaban J connectivity index is 1.15. The fourth-order valence-corrected chi connectivity index (χ4v) is 4.50. The van der Waals surface area contributed by atoms with Crippen LogP contribution in [-0.2, 0) is 16.1 Å². The van der Waals surface area contributed by atoms with E-state index in [0.717, 1.165) is 45.0 Å². The van der Waals surface area contributed by atoms with Crippen LogP contribution < -0.4 is 14.8 Å². The third-order valence-electron chi connectivity index (χ3n) is 5.99. The predicted octanol–water partition coefficient (Wildman–Crippen LogP) is 3.99. The number of fused-ring (bicyclic) bond motifs is 4. The quantitative estimate of drug-likeness (QED) is 0.704. The molecule has 0 saturated carbocycles. The summed E-state index contributed by atoms with van der Waals surface area (Å²) in [6, 6.07) is 22.0. The molecule has 6 heteroatoms. The van der Waals surface area contributed by atoms with Crippen molar-refractivity contribution in [1.82, 2.24) is 5.32 Å². The Hall–Kier alpha value is -3.80. The number of carbonyl (C=O) groups excluding carboxylic acids is 1. The summed E-state index contributed by atoms with van der Waals surface area (Å²) in [5, 5.41) is 7.35. The van der Waals surface area contributed by atoms with Crippen molar-refractivity contribution in [2.24, 2.45) is 5.16 Å². The lowest BCUT2D eigenvalue weighted by Crippen LogP contribution is -2.37. The van der Waals surface area contributed by atoms with Gasteiger partial charge in [-0.3, -0.25) is 4.79 Å². The molecule has 0 spiro atoms. The summed E-state index contributed by atoms with van der Waals surface area (Å²) in [6.07, 6.45) is 0.454. The molecule has 1 atom stereocenters. The molecule has 0 bridgehead atoms. The van der Waals surface area contributed by atoms with Gasteiger partial charge in [0.2, 0.25) is 12.9 Å². The maximum absolute atomic E-state index is 13.0. The molecule has 154 valence electrons. The molecular formula is C25H20N2O4. The molecule has 1 aliphatic carbocycles. The van der Waals surface area contributed by atoms with Gasteiger partial charge in [-0.1, -0.05) is 59.8 Å². The van der Waals surface area contributed by atoms with E-state index in [9.17, 15) is 4.79 Å². The lowest BCUT2D eigenvalue weighted by molar-refractivity contribution is -0.131. The number of nitrogens with zero attached hydrogens (tertiary/aromatic N) is 1. The van der Waals surface area contributed by atoms with E-state index in [-0.39, 0.29) is 18.7 Å². The molecule has 0 aromatic heterocycles. The molecule has 31 heavy (non-hydrogen) atoms. The highest BCUT2D eigenvalue weighted by molar-refractivity contribution is 5.94. The van der Waals surface area contributed by atoms with Crippen molar-refractivity contribution in [3.05, 3.63) is 83.4 Å². The average molecular weight is 412 g/mol. The second kappa shape index (κ2) is 7.16. The molecular weight excluding hydrogens is 392 g/mol. The monoisotopic (exact) mass is 412 g/mol. The van der Waals surface area contributed by atoms with Crippen LogP contribution in [0.3, 0.4) is 0 Å². The van der Waals surface area contributed by atoms with Crippen LogP contribution in [0.5, 0.6) is 11.5 Å². The van der Waals surface area contributed by atoms with Crippen molar-refractivity contribution in [2.75, 3.05) is 6.79 Å². The topological polar surface area (TPSA) is 69.2 Å². The van der Waals surface area contributed by atoms with Gasteiger partial charge >= 0.3 is 0 Å². The lowest BCUT2D eigenvalue weighted by atomic mass is 10.0. The van der Waals surface area contributed by atoms with Gasteiger partial charge in [-0.15, -0.1) is 0 Å². The van der Waals surface area contributed by atoms with Gasteiger partial charge in [0.05, 0.1) is 11.8 Å². The third-order valence-corrected chi connectivity index (χ3v) is 5.99. The minimum Gasteiger partial charge on any atom is -0.454 e. The minimum absolute atomic E-state index is 0.152. The number of hydrogen-bond donors (Lipinski definition) is 1. The molecule has 3 aromatic carbocycles. The highest BCUT2D eigenvalue weighted by atomic mass is 16.7. The summed E-state index contributed by atoms with van der Waals surface area (Å²) in [5.41, 5.74) is 6.43. The van der Waals surface area contributed by atoms with Gasteiger partial charge in [-0.25, -0.2) is 0 Å². The first-order valence-corrected chi connectivity index (χ1v) is 10.3. The van der Waals surface area contributed by atoms with Gasteiger partial charge in [0.25, 0.3) is 5.91 Å². The zero-order valence-corrected chi connectivity index (χ0v) is 16.7. The Labute approximate surface area is 179 Å². The van der Waals surface area contributed by atoms with Crippen molar-refractivity contribution in [1.29, 1.82) is 0 Å². The molecule has 0 saturated heterocycles. The van der Waals surface area contributed by atoms with Gasteiger partial charge in [0, 0.05) is 12.8 Å². The van der Waals surface area contributed by atoms with Crippen LogP contribution in [0, 0.1) is 0 Å². The van der Waals surface area contributed by atoms with E-state index in [1.54, 1.807) is 0 Å². The molecule has 2 aliphatic heterocycles. The number of oxime groups is 1. The van der Waals surface area contributed by atoms with Gasteiger partial charge < -0.3 is 19.6 Å². The Bertz CT molecular complexity index is 1170. The van der Waals surface area contributed by atoms with E-state index in [4.69, 9.17) is 14.3 Å². The number of hydrogen-bond acceptors (Lipinski definition) is 5. The second-order valence-corrected chi connectivity index (χ2v) is 7.94. The average Bonchev–Trinajstić information content (AvgIpc) is 3.52. The van der Waals surface area contributed by atoms with Crippen molar-refractivity contribution in [2.45, 2.75) is 25.0 Å². The van der Waals surface area contributed by atoms with E-state index in [1.807, 2.05) is 42.5 Å². The van der Waals surface area contributed by atoms with E-state index >= 15 is 0 Å². The number of ether oxygens (including phenoxy) is 2. The van der Waals surface area contributed by atoms with E-state index < -0.39 is 6.10 Å². The fraction of sp³-hybridized carbons (Fsp3) is 0.200. The van der Waals surface area contributed by atoms with Crippen molar-refractivity contribution in [3.63, 3.8) is 0 Å². The zero-order valence-electron chi connectivity index (χ0n) is 16.7. The standard InChI is InChI=1S/C25H20N2O4/c28-25(26-24-19-7-3-1-5-17(19)18-6-2-4-8-20(18)24)23-13-16(27-31-23)11-15-9-10-21-22(12-15)30-14-29-21/h1-10,12,23-24H,11,13-14H2,(H,26,28). The summed E-state index contributed by atoms with van der Waals surface area (Å²) < 4.78 is 10.8. The summed E-state index contributed by atoms with van der Waals surface area (Å²) in [6.45, 7) is 0.249. The van der Waals surface area contributed by atoms with Crippen LogP contribution in [0.2, 0.25) is 0 Å². The van der Waals surface area contributed by atoms with E-state index in [2.05, 4.69) is 34.7 Å². The van der Waals surface area contributed by atoms with Crippen molar-refractivity contribution >= 4 is 11.6 Å². The Kier molecular flexibility index (Phi) is 4.16. The lowest BCUT2D eigenvalue weighted by Gasteiger charge is -2.18. The number of amides is 1. The molecule has 1 N–H and O–H groups in total. The maximum atomic E-state index is 13.0. The molecule has 0 radical (unpaired) electrons. The Morgan fingerprint density at radius 3 is 2.42 bits per heavy atom. The molecule has 3 aliphatic rings. The minimum atomic E-state index is -0.621. The fourth-order valence-electron chi connectivity index (χ4n) is 4.50. The first-order valence-electron chi connectivity index (χ1n) is 10.3. The van der Waals surface area contributed by atoms with Crippen LogP contribution in [0.1, 0.15) is 29.2 Å². The third kappa shape index (κ3) is 3.11. The molecule has 0 fully saturated rings. The summed E-state index contributed by atoms with van der Waals surface area (Å²) in [5.74, 6) is 1.34. The Morgan fingerprint density at radius 1 is 0.935 bits per heavy atom. The Morgan fingerprint density at radius 2 is 1.65 bits per heavy atom. The van der Waals surface area contributed by atoms with Gasteiger partial charge in [0.15, 0.2) is 11.5 Å². The molecule has 1 unspecified atom stereocenters. The predicted molar refractivity (Wildman–Crippen MR) is 115 cm³/mol. The molecule has 6 nitrogen and oxygen atoms in total. The number of nitrogens with one attached hydrogen (secondary N) is 1. The van der Waals surface area contributed by atoms with Crippen molar-refractivity contribution < 1.29 is 19.1 Å². The summed E-state index contributed by atoms with van der Waals surface area (Å²) >= 11 is 0. The normalized spacial score (nSPS) is 18.2.